The minimum absolute atomic E-state index is 0.0243. The first-order chi connectivity index (χ1) is 12.0. The third-order valence-electron chi connectivity index (χ3n) is 4.21. The second kappa shape index (κ2) is 7.03. The summed E-state index contributed by atoms with van der Waals surface area (Å²) < 4.78 is 24.2. The van der Waals surface area contributed by atoms with Gasteiger partial charge in [0.15, 0.2) is 0 Å². The second-order valence-electron chi connectivity index (χ2n) is 5.88. The van der Waals surface area contributed by atoms with E-state index in [1.807, 2.05) is 6.07 Å². The number of fused-ring (bicyclic) bond motifs is 1. The fraction of sp³-hybridized carbons (Fsp3) is 0.263. The van der Waals surface area contributed by atoms with E-state index >= 15 is 0 Å². The Balaban J connectivity index is 1.83. The molecule has 0 atom stereocenters. The van der Waals surface area contributed by atoms with Gasteiger partial charge in [0.1, 0.15) is 5.82 Å². The third-order valence-corrected chi connectivity index (χ3v) is 4.21. The van der Waals surface area contributed by atoms with Gasteiger partial charge in [0.2, 0.25) is 0 Å². The summed E-state index contributed by atoms with van der Waals surface area (Å²) in [7, 11) is 1.23. The van der Waals surface area contributed by atoms with Gasteiger partial charge in [-0.15, -0.1) is 0 Å². The number of anilines is 1. The van der Waals surface area contributed by atoms with Gasteiger partial charge in [-0.05, 0) is 54.3 Å². The predicted molar refractivity (Wildman–Crippen MR) is 90.2 cm³/mol. The van der Waals surface area contributed by atoms with Crippen molar-refractivity contribution in [1.82, 2.24) is 0 Å². The molecule has 1 heterocycles. The molecule has 0 unspecified atom stereocenters. The average molecular weight is 343 g/mol. The summed E-state index contributed by atoms with van der Waals surface area (Å²) in [5.74, 6) is -1.71. The minimum Gasteiger partial charge on any atom is -0.465 e. The lowest BCUT2D eigenvalue weighted by Gasteiger charge is -2.17. The molecule has 5 nitrogen and oxygen atoms in total. The van der Waals surface area contributed by atoms with Crippen molar-refractivity contribution in [2.45, 2.75) is 20.0 Å². The van der Waals surface area contributed by atoms with Crippen molar-refractivity contribution < 1.29 is 23.5 Å². The maximum Gasteiger partial charge on any atom is 0.338 e. The Labute approximate surface area is 144 Å². The maximum absolute atomic E-state index is 14.2. The van der Waals surface area contributed by atoms with Crippen molar-refractivity contribution in [3.05, 3.63) is 64.0 Å². The molecule has 0 saturated carbocycles. The maximum atomic E-state index is 14.2. The number of carbonyl (C=O) groups is 2. The molecule has 3 rings (SSSR count). The van der Waals surface area contributed by atoms with Crippen molar-refractivity contribution in [2.24, 2.45) is 0 Å². The van der Waals surface area contributed by atoms with Crippen LogP contribution in [0.15, 0.2) is 30.3 Å². The molecule has 0 saturated heterocycles. The summed E-state index contributed by atoms with van der Waals surface area (Å²) in [6, 6.07) is 7.84. The zero-order valence-corrected chi connectivity index (χ0v) is 14.0. The lowest BCUT2D eigenvalue weighted by atomic mass is 10.00. The summed E-state index contributed by atoms with van der Waals surface area (Å²) >= 11 is 0. The first-order valence-corrected chi connectivity index (χ1v) is 7.89. The standard InChI is InChI=1S/C19H18FNO4/c1-11-7-17(16(20)9-15(11)19(23)24-2)21-18(22)13-3-4-14-10-25-6-5-12(14)8-13/h3-4,7-9H,5-6,10H2,1-2H3,(H,21,22). The van der Waals surface area contributed by atoms with E-state index in [4.69, 9.17) is 4.74 Å². The Morgan fingerprint density at radius 2 is 2.00 bits per heavy atom. The molecule has 0 aromatic heterocycles. The van der Waals surface area contributed by atoms with Crippen LogP contribution in [0.4, 0.5) is 10.1 Å². The average Bonchev–Trinajstić information content (AvgIpc) is 2.63. The van der Waals surface area contributed by atoms with Crippen LogP contribution < -0.4 is 5.32 Å². The van der Waals surface area contributed by atoms with Crippen LogP contribution in [0.25, 0.3) is 0 Å². The van der Waals surface area contributed by atoms with Gasteiger partial charge in [-0.3, -0.25) is 4.79 Å². The number of hydrogen-bond acceptors (Lipinski definition) is 4. The highest BCUT2D eigenvalue weighted by atomic mass is 19.1. The van der Waals surface area contributed by atoms with Gasteiger partial charge in [0.05, 0.1) is 31.6 Å². The molecule has 0 fully saturated rings. The van der Waals surface area contributed by atoms with Crippen LogP contribution in [0, 0.1) is 12.7 Å². The summed E-state index contributed by atoms with van der Waals surface area (Å²) in [6.07, 6.45) is 0.748. The number of carbonyl (C=O) groups excluding carboxylic acids is 2. The van der Waals surface area contributed by atoms with Gasteiger partial charge in [-0.1, -0.05) is 6.07 Å². The van der Waals surface area contributed by atoms with Crippen LogP contribution in [0.2, 0.25) is 0 Å². The van der Waals surface area contributed by atoms with E-state index in [0.717, 1.165) is 23.6 Å². The first kappa shape index (κ1) is 17.1. The molecule has 2 aromatic rings. The molecule has 6 heteroatoms. The molecule has 2 aromatic carbocycles. The number of methoxy groups -OCH3 is 1. The van der Waals surface area contributed by atoms with Crippen LogP contribution in [0.5, 0.6) is 0 Å². The molecule has 0 aliphatic carbocycles. The summed E-state index contributed by atoms with van der Waals surface area (Å²) in [4.78, 5) is 24.0. The normalized spacial score (nSPS) is 13.1. The highest BCUT2D eigenvalue weighted by Crippen LogP contribution is 2.23. The largest absolute Gasteiger partial charge is 0.465 e. The van der Waals surface area contributed by atoms with E-state index in [2.05, 4.69) is 10.1 Å². The Morgan fingerprint density at radius 1 is 1.20 bits per heavy atom. The van der Waals surface area contributed by atoms with Crippen LogP contribution >= 0.6 is 0 Å². The minimum atomic E-state index is -0.689. The number of ether oxygens (including phenoxy) is 2. The Kier molecular flexibility index (Phi) is 4.81. The monoisotopic (exact) mass is 343 g/mol. The molecular formula is C19H18FNO4. The van der Waals surface area contributed by atoms with E-state index in [1.165, 1.54) is 13.2 Å². The SMILES string of the molecule is COC(=O)c1cc(F)c(NC(=O)c2ccc3c(c2)CCOC3)cc1C. The van der Waals surface area contributed by atoms with Crippen LogP contribution in [0.1, 0.15) is 37.4 Å². The summed E-state index contributed by atoms with van der Waals surface area (Å²) in [5.41, 5.74) is 3.26. The van der Waals surface area contributed by atoms with Gasteiger partial charge >= 0.3 is 5.97 Å². The number of benzene rings is 2. The molecule has 25 heavy (non-hydrogen) atoms. The van der Waals surface area contributed by atoms with Crippen molar-refractivity contribution in [2.75, 3.05) is 19.0 Å². The Hall–Kier alpha value is -2.73. The lowest BCUT2D eigenvalue weighted by Crippen LogP contribution is -2.16. The van der Waals surface area contributed by atoms with Crippen molar-refractivity contribution in [3.63, 3.8) is 0 Å². The molecule has 130 valence electrons. The topological polar surface area (TPSA) is 64.6 Å². The van der Waals surface area contributed by atoms with Crippen LogP contribution in [-0.2, 0) is 22.5 Å². The molecule has 0 spiro atoms. The zero-order chi connectivity index (χ0) is 18.0. The van der Waals surface area contributed by atoms with E-state index in [9.17, 15) is 14.0 Å². The Bertz CT molecular complexity index is 848. The molecular weight excluding hydrogens is 325 g/mol. The molecule has 1 amide bonds. The summed E-state index contributed by atoms with van der Waals surface area (Å²) in [5, 5.41) is 2.56. The molecule has 1 N–H and O–H groups in total. The fourth-order valence-corrected chi connectivity index (χ4v) is 2.81. The lowest BCUT2D eigenvalue weighted by molar-refractivity contribution is 0.0599. The van der Waals surface area contributed by atoms with Gasteiger partial charge < -0.3 is 14.8 Å². The third kappa shape index (κ3) is 3.53. The molecule has 0 bridgehead atoms. The second-order valence-corrected chi connectivity index (χ2v) is 5.88. The van der Waals surface area contributed by atoms with Crippen LogP contribution in [-0.4, -0.2) is 25.6 Å². The van der Waals surface area contributed by atoms with E-state index in [1.54, 1.807) is 19.1 Å². The van der Waals surface area contributed by atoms with Gasteiger partial charge in [-0.25, -0.2) is 9.18 Å². The first-order valence-electron chi connectivity index (χ1n) is 7.89. The number of rotatable bonds is 3. The Morgan fingerprint density at radius 3 is 2.76 bits per heavy atom. The van der Waals surface area contributed by atoms with Crippen molar-refractivity contribution in [3.8, 4) is 0 Å². The van der Waals surface area contributed by atoms with Gasteiger partial charge in [0.25, 0.3) is 5.91 Å². The number of amides is 1. The highest BCUT2D eigenvalue weighted by Gasteiger charge is 2.17. The highest BCUT2D eigenvalue weighted by molar-refractivity contribution is 6.05. The van der Waals surface area contributed by atoms with Crippen molar-refractivity contribution >= 4 is 17.6 Å². The molecule has 0 radical (unpaired) electrons. The molecule has 1 aliphatic rings. The van der Waals surface area contributed by atoms with E-state index in [0.29, 0.717) is 24.3 Å². The fourth-order valence-electron chi connectivity index (χ4n) is 2.81. The predicted octanol–water partition coefficient (Wildman–Crippen LogP) is 3.25. The van der Waals surface area contributed by atoms with E-state index in [-0.39, 0.29) is 11.3 Å². The number of hydrogen-bond donors (Lipinski definition) is 1. The van der Waals surface area contributed by atoms with Gasteiger partial charge in [0, 0.05) is 5.56 Å². The number of esters is 1. The number of aryl methyl sites for hydroxylation is 1. The zero-order valence-electron chi connectivity index (χ0n) is 14.0. The number of nitrogens with one attached hydrogen (secondary N) is 1. The summed E-state index contributed by atoms with van der Waals surface area (Å²) in [6.45, 7) is 2.82. The smallest absolute Gasteiger partial charge is 0.338 e. The van der Waals surface area contributed by atoms with Crippen molar-refractivity contribution in [1.29, 1.82) is 0 Å². The molecule has 1 aliphatic heterocycles. The van der Waals surface area contributed by atoms with E-state index < -0.39 is 17.7 Å². The van der Waals surface area contributed by atoms with Crippen LogP contribution in [0.3, 0.4) is 0 Å². The number of halogens is 1. The van der Waals surface area contributed by atoms with Gasteiger partial charge in [-0.2, -0.15) is 0 Å². The quantitative estimate of drug-likeness (QED) is 0.869.